The van der Waals surface area contributed by atoms with Gasteiger partial charge in [0.05, 0.1) is 13.2 Å². The molecule has 102 valence electrons. The summed E-state index contributed by atoms with van der Waals surface area (Å²) in [6.45, 7) is 5.89. The summed E-state index contributed by atoms with van der Waals surface area (Å²) in [6, 6.07) is 0. The third-order valence-corrected chi connectivity index (χ3v) is 2.56. The number of rotatable bonds is 8. The summed E-state index contributed by atoms with van der Waals surface area (Å²) in [5.74, 6) is 1.04. The van der Waals surface area contributed by atoms with Gasteiger partial charge < -0.3 is 20.5 Å². The van der Waals surface area contributed by atoms with Crippen molar-refractivity contribution in [1.82, 2.24) is 9.97 Å². The molecule has 0 saturated heterocycles. The molecular weight excluding hydrogens is 232 g/mol. The van der Waals surface area contributed by atoms with Crippen molar-refractivity contribution in [3.8, 4) is 5.88 Å². The minimum atomic E-state index is 0.0666. The molecule has 0 aromatic carbocycles. The van der Waals surface area contributed by atoms with Gasteiger partial charge in [0.25, 0.3) is 0 Å². The molecule has 0 bridgehead atoms. The van der Waals surface area contributed by atoms with E-state index in [1.165, 1.54) is 6.33 Å². The van der Waals surface area contributed by atoms with Crippen LogP contribution >= 0.6 is 0 Å². The Morgan fingerprint density at radius 3 is 2.72 bits per heavy atom. The van der Waals surface area contributed by atoms with Crippen molar-refractivity contribution in [2.45, 2.75) is 26.7 Å². The summed E-state index contributed by atoms with van der Waals surface area (Å²) in [6.07, 6.45) is 3.53. The Morgan fingerprint density at radius 2 is 2.11 bits per heavy atom. The van der Waals surface area contributed by atoms with Gasteiger partial charge in [0.15, 0.2) is 5.82 Å². The van der Waals surface area contributed by atoms with Crippen LogP contribution in [0, 0.1) is 0 Å². The quantitative estimate of drug-likeness (QED) is 0.721. The van der Waals surface area contributed by atoms with E-state index in [0.29, 0.717) is 30.5 Å². The van der Waals surface area contributed by atoms with E-state index in [4.69, 9.17) is 15.6 Å². The smallest absolute Gasteiger partial charge is 0.242 e. The van der Waals surface area contributed by atoms with Gasteiger partial charge in [0.1, 0.15) is 12.0 Å². The lowest BCUT2D eigenvalue weighted by molar-refractivity contribution is 0.301. The molecule has 0 fully saturated rings. The second-order valence-corrected chi connectivity index (χ2v) is 3.91. The van der Waals surface area contributed by atoms with Gasteiger partial charge in [0, 0.05) is 13.1 Å². The number of anilines is 2. The van der Waals surface area contributed by atoms with Crippen molar-refractivity contribution in [3.63, 3.8) is 0 Å². The first-order valence-corrected chi connectivity index (χ1v) is 6.33. The number of aromatic nitrogens is 2. The van der Waals surface area contributed by atoms with E-state index in [1.54, 1.807) is 0 Å². The van der Waals surface area contributed by atoms with Gasteiger partial charge in [-0.05, 0) is 13.3 Å². The predicted octanol–water partition coefficient (Wildman–Crippen LogP) is 1.06. The standard InChI is InChI=1S/C12H22N4O2/c1-3-5-6-16(7-8-17)11-10(13)12(18-4-2)15-9-14-11/h9,17H,3-8,13H2,1-2H3. The lowest BCUT2D eigenvalue weighted by Gasteiger charge is -2.24. The molecule has 18 heavy (non-hydrogen) atoms. The molecule has 0 radical (unpaired) electrons. The monoisotopic (exact) mass is 254 g/mol. The Kier molecular flexibility index (Phi) is 6.21. The molecule has 0 amide bonds. The molecule has 0 unspecified atom stereocenters. The van der Waals surface area contributed by atoms with Crippen LogP contribution in [0.1, 0.15) is 26.7 Å². The fourth-order valence-corrected chi connectivity index (χ4v) is 1.67. The van der Waals surface area contributed by atoms with Gasteiger partial charge in [-0.25, -0.2) is 4.98 Å². The van der Waals surface area contributed by atoms with Crippen LogP contribution in [0.25, 0.3) is 0 Å². The largest absolute Gasteiger partial charge is 0.476 e. The zero-order valence-electron chi connectivity index (χ0n) is 11.1. The lowest BCUT2D eigenvalue weighted by Crippen LogP contribution is -2.29. The summed E-state index contributed by atoms with van der Waals surface area (Å²) in [7, 11) is 0. The molecule has 0 saturated carbocycles. The second kappa shape index (κ2) is 7.71. The molecule has 0 aliphatic rings. The molecule has 6 nitrogen and oxygen atoms in total. The Bertz CT molecular complexity index is 360. The highest BCUT2D eigenvalue weighted by Gasteiger charge is 2.15. The maximum absolute atomic E-state index is 9.10. The van der Waals surface area contributed by atoms with Crippen LogP contribution < -0.4 is 15.4 Å². The first kappa shape index (κ1) is 14.5. The minimum absolute atomic E-state index is 0.0666. The van der Waals surface area contributed by atoms with Gasteiger partial charge >= 0.3 is 0 Å². The molecule has 0 spiro atoms. The molecule has 1 heterocycles. The van der Waals surface area contributed by atoms with Crippen LogP contribution in [0.15, 0.2) is 6.33 Å². The number of aliphatic hydroxyl groups is 1. The molecule has 1 aromatic heterocycles. The molecule has 0 aliphatic carbocycles. The molecule has 0 aliphatic heterocycles. The average molecular weight is 254 g/mol. The number of nitrogens with two attached hydrogens (primary N) is 1. The Hall–Kier alpha value is -1.56. The van der Waals surface area contributed by atoms with Gasteiger partial charge in [-0.15, -0.1) is 0 Å². The van der Waals surface area contributed by atoms with Gasteiger partial charge in [0.2, 0.25) is 5.88 Å². The second-order valence-electron chi connectivity index (χ2n) is 3.91. The van der Waals surface area contributed by atoms with Crippen LogP contribution in [-0.4, -0.2) is 41.4 Å². The summed E-state index contributed by atoms with van der Waals surface area (Å²) < 4.78 is 5.34. The molecule has 1 aromatic rings. The number of aliphatic hydroxyl groups excluding tert-OH is 1. The normalized spacial score (nSPS) is 10.4. The van der Waals surface area contributed by atoms with Crippen molar-refractivity contribution >= 4 is 11.5 Å². The van der Waals surface area contributed by atoms with Crippen molar-refractivity contribution in [3.05, 3.63) is 6.33 Å². The number of unbranched alkanes of at least 4 members (excludes halogenated alkanes) is 1. The van der Waals surface area contributed by atoms with Crippen LogP contribution in [-0.2, 0) is 0 Å². The molecule has 6 heteroatoms. The number of hydrogen-bond donors (Lipinski definition) is 2. The average Bonchev–Trinajstić information content (AvgIpc) is 2.38. The molecule has 0 atom stereocenters. The lowest BCUT2D eigenvalue weighted by atomic mass is 10.3. The maximum Gasteiger partial charge on any atom is 0.242 e. The topological polar surface area (TPSA) is 84.5 Å². The van der Waals surface area contributed by atoms with Gasteiger partial charge in [-0.1, -0.05) is 13.3 Å². The number of hydrogen-bond acceptors (Lipinski definition) is 6. The summed E-state index contributed by atoms with van der Waals surface area (Å²) in [4.78, 5) is 10.2. The number of nitrogen functional groups attached to an aromatic ring is 1. The van der Waals surface area contributed by atoms with Crippen molar-refractivity contribution in [1.29, 1.82) is 0 Å². The zero-order chi connectivity index (χ0) is 13.4. The Morgan fingerprint density at radius 1 is 1.33 bits per heavy atom. The summed E-state index contributed by atoms with van der Waals surface area (Å²) >= 11 is 0. The maximum atomic E-state index is 9.10. The van der Waals surface area contributed by atoms with Crippen LogP contribution in [0.2, 0.25) is 0 Å². The Balaban J connectivity index is 2.92. The van der Waals surface area contributed by atoms with Crippen molar-refractivity contribution in [2.24, 2.45) is 0 Å². The fourth-order valence-electron chi connectivity index (χ4n) is 1.67. The van der Waals surface area contributed by atoms with E-state index in [1.807, 2.05) is 11.8 Å². The van der Waals surface area contributed by atoms with Gasteiger partial charge in [-0.2, -0.15) is 4.98 Å². The van der Waals surface area contributed by atoms with E-state index >= 15 is 0 Å². The van der Waals surface area contributed by atoms with Crippen LogP contribution in [0.3, 0.4) is 0 Å². The highest BCUT2D eigenvalue weighted by Crippen LogP contribution is 2.27. The van der Waals surface area contributed by atoms with E-state index in [0.717, 1.165) is 19.4 Å². The van der Waals surface area contributed by atoms with E-state index in [-0.39, 0.29) is 6.61 Å². The van der Waals surface area contributed by atoms with Crippen molar-refractivity contribution in [2.75, 3.05) is 36.9 Å². The van der Waals surface area contributed by atoms with Crippen LogP contribution in [0.5, 0.6) is 5.88 Å². The minimum Gasteiger partial charge on any atom is -0.476 e. The Labute approximate surface area is 108 Å². The highest BCUT2D eigenvalue weighted by atomic mass is 16.5. The SMILES string of the molecule is CCCCN(CCO)c1ncnc(OCC)c1N. The van der Waals surface area contributed by atoms with E-state index in [9.17, 15) is 0 Å². The molecular formula is C12H22N4O2. The number of ether oxygens (including phenoxy) is 1. The first-order valence-electron chi connectivity index (χ1n) is 6.33. The van der Waals surface area contributed by atoms with E-state index in [2.05, 4.69) is 16.9 Å². The summed E-state index contributed by atoms with van der Waals surface area (Å²) in [5, 5.41) is 9.10. The highest BCUT2D eigenvalue weighted by molar-refractivity contribution is 5.67. The molecule has 3 N–H and O–H groups in total. The number of nitrogens with zero attached hydrogens (tertiary/aromatic N) is 3. The first-order chi connectivity index (χ1) is 8.74. The summed E-state index contributed by atoms with van der Waals surface area (Å²) in [5.41, 5.74) is 6.43. The third kappa shape index (κ3) is 3.73. The third-order valence-electron chi connectivity index (χ3n) is 2.56. The van der Waals surface area contributed by atoms with E-state index < -0.39 is 0 Å². The van der Waals surface area contributed by atoms with Gasteiger partial charge in [-0.3, -0.25) is 0 Å². The molecule has 1 rings (SSSR count). The predicted molar refractivity (Wildman–Crippen MR) is 71.8 cm³/mol. The van der Waals surface area contributed by atoms with Crippen molar-refractivity contribution < 1.29 is 9.84 Å². The fraction of sp³-hybridized carbons (Fsp3) is 0.667. The zero-order valence-corrected chi connectivity index (χ0v) is 11.1. The van der Waals surface area contributed by atoms with Crippen LogP contribution in [0.4, 0.5) is 11.5 Å².